The minimum absolute atomic E-state index is 0.0633. The molecule has 0 radical (unpaired) electrons. The topological polar surface area (TPSA) is 60.0 Å². The molecule has 2 aromatic carbocycles. The van der Waals surface area contributed by atoms with Gasteiger partial charge in [-0.1, -0.05) is 12.1 Å². The number of amides is 2. The highest BCUT2D eigenvalue weighted by atomic mass is 16.5. The van der Waals surface area contributed by atoms with Crippen LogP contribution in [-0.2, 0) is 0 Å². The molecule has 0 aromatic heterocycles. The van der Waals surface area contributed by atoms with Crippen molar-refractivity contribution in [1.29, 1.82) is 0 Å². The Hall–Kier alpha value is -2.89. The second-order valence-corrected chi connectivity index (χ2v) is 6.16. The van der Waals surface area contributed by atoms with Crippen molar-refractivity contribution < 1.29 is 19.0 Å². The van der Waals surface area contributed by atoms with Gasteiger partial charge in [0, 0.05) is 30.4 Å². The van der Waals surface area contributed by atoms with E-state index >= 15 is 0 Å². The summed E-state index contributed by atoms with van der Waals surface area (Å²) in [5.41, 5.74) is 1.76. The highest BCUT2D eigenvalue weighted by molar-refractivity contribution is 5.90. The van der Waals surface area contributed by atoms with Crippen LogP contribution < -0.4 is 19.5 Å². The van der Waals surface area contributed by atoms with Gasteiger partial charge in [-0.25, -0.2) is 4.79 Å². The molecule has 0 saturated carbocycles. The second kappa shape index (κ2) is 7.99. The van der Waals surface area contributed by atoms with Gasteiger partial charge in [0.2, 0.25) is 0 Å². The van der Waals surface area contributed by atoms with Gasteiger partial charge in [0.15, 0.2) is 0 Å². The summed E-state index contributed by atoms with van der Waals surface area (Å²) in [6.45, 7) is 0.726. The molecule has 6 nitrogen and oxygen atoms in total. The summed E-state index contributed by atoms with van der Waals surface area (Å²) in [5.74, 6) is 2.08. The van der Waals surface area contributed by atoms with E-state index in [0.717, 1.165) is 30.7 Å². The monoisotopic (exact) mass is 356 g/mol. The maximum absolute atomic E-state index is 12.8. The number of likely N-dealkylation sites (tertiary alicyclic amines) is 1. The average Bonchev–Trinajstić information content (AvgIpc) is 3.17. The van der Waals surface area contributed by atoms with E-state index < -0.39 is 0 Å². The summed E-state index contributed by atoms with van der Waals surface area (Å²) in [5, 5.41) is 2.96. The Bertz CT molecular complexity index is 739. The van der Waals surface area contributed by atoms with Crippen LogP contribution in [0.3, 0.4) is 0 Å². The van der Waals surface area contributed by atoms with Gasteiger partial charge in [0.1, 0.15) is 17.2 Å². The van der Waals surface area contributed by atoms with Crippen LogP contribution in [0.15, 0.2) is 42.5 Å². The minimum Gasteiger partial charge on any atom is -0.497 e. The van der Waals surface area contributed by atoms with E-state index in [1.165, 1.54) is 0 Å². The molecule has 3 rings (SSSR count). The number of carbonyl (C=O) groups excluding carboxylic acids is 1. The van der Waals surface area contributed by atoms with Crippen molar-refractivity contribution in [1.82, 2.24) is 4.90 Å². The van der Waals surface area contributed by atoms with Crippen LogP contribution in [0, 0.1) is 0 Å². The minimum atomic E-state index is -0.126. The maximum Gasteiger partial charge on any atom is 0.322 e. The molecular weight excluding hydrogens is 332 g/mol. The first-order valence-electron chi connectivity index (χ1n) is 8.59. The second-order valence-electron chi connectivity index (χ2n) is 6.16. The highest BCUT2D eigenvalue weighted by Crippen LogP contribution is 2.34. The Balaban J connectivity index is 1.76. The van der Waals surface area contributed by atoms with Gasteiger partial charge in [-0.2, -0.15) is 0 Å². The molecular formula is C20H24N2O4. The molecule has 0 aliphatic carbocycles. The number of anilines is 1. The van der Waals surface area contributed by atoms with Crippen LogP contribution in [-0.4, -0.2) is 38.8 Å². The van der Waals surface area contributed by atoms with E-state index in [4.69, 9.17) is 14.2 Å². The van der Waals surface area contributed by atoms with E-state index in [2.05, 4.69) is 5.32 Å². The number of ether oxygens (including phenoxy) is 3. The van der Waals surface area contributed by atoms with Gasteiger partial charge in [0.05, 0.1) is 27.4 Å². The van der Waals surface area contributed by atoms with E-state index in [9.17, 15) is 4.79 Å². The first-order chi connectivity index (χ1) is 12.6. The molecule has 26 heavy (non-hydrogen) atoms. The Morgan fingerprint density at radius 3 is 2.15 bits per heavy atom. The van der Waals surface area contributed by atoms with Crippen molar-refractivity contribution in [3.63, 3.8) is 0 Å². The maximum atomic E-state index is 12.8. The molecule has 1 aliphatic rings. The predicted molar refractivity (Wildman–Crippen MR) is 100 cm³/mol. The highest BCUT2D eigenvalue weighted by Gasteiger charge is 2.30. The normalized spacial score (nSPS) is 16.3. The Labute approximate surface area is 153 Å². The predicted octanol–water partition coefficient (Wildman–Crippen LogP) is 4.08. The van der Waals surface area contributed by atoms with E-state index in [-0.39, 0.29) is 12.1 Å². The van der Waals surface area contributed by atoms with Crippen LogP contribution in [0.4, 0.5) is 10.5 Å². The molecule has 1 saturated heterocycles. The molecule has 2 amide bonds. The summed E-state index contributed by atoms with van der Waals surface area (Å²) in [6.07, 6.45) is 1.92. The van der Waals surface area contributed by atoms with Crippen LogP contribution in [0.5, 0.6) is 17.2 Å². The zero-order valence-electron chi connectivity index (χ0n) is 15.3. The fraction of sp³-hybridized carbons (Fsp3) is 0.350. The number of methoxy groups -OCH3 is 3. The largest absolute Gasteiger partial charge is 0.497 e. The molecule has 1 fully saturated rings. The SMILES string of the molecule is COc1ccc(C2CCCN2C(=O)Nc2cc(OC)cc(OC)c2)cc1. The van der Waals surface area contributed by atoms with Gasteiger partial charge in [-0.05, 0) is 30.5 Å². The third-order valence-corrected chi connectivity index (χ3v) is 4.62. The lowest BCUT2D eigenvalue weighted by atomic mass is 10.0. The van der Waals surface area contributed by atoms with E-state index in [1.807, 2.05) is 29.2 Å². The van der Waals surface area contributed by atoms with Crippen LogP contribution in [0.1, 0.15) is 24.4 Å². The zero-order valence-corrected chi connectivity index (χ0v) is 15.3. The quantitative estimate of drug-likeness (QED) is 0.877. The average molecular weight is 356 g/mol. The summed E-state index contributed by atoms with van der Waals surface area (Å²) in [4.78, 5) is 14.7. The third-order valence-electron chi connectivity index (χ3n) is 4.62. The van der Waals surface area contributed by atoms with Gasteiger partial charge in [-0.3, -0.25) is 0 Å². The smallest absolute Gasteiger partial charge is 0.322 e. The number of benzene rings is 2. The zero-order chi connectivity index (χ0) is 18.5. The van der Waals surface area contributed by atoms with Gasteiger partial charge >= 0.3 is 6.03 Å². The standard InChI is InChI=1S/C20H24N2O4/c1-24-16-8-6-14(7-9-16)19-5-4-10-22(19)20(23)21-15-11-17(25-2)13-18(12-15)26-3/h6-9,11-13,19H,4-5,10H2,1-3H3,(H,21,23). The first-order valence-corrected chi connectivity index (χ1v) is 8.59. The fourth-order valence-electron chi connectivity index (χ4n) is 3.26. The molecule has 1 aliphatic heterocycles. The number of hydrogen-bond acceptors (Lipinski definition) is 4. The Morgan fingerprint density at radius 1 is 0.962 bits per heavy atom. The Kier molecular flexibility index (Phi) is 5.51. The van der Waals surface area contributed by atoms with Crippen LogP contribution in [0.25, 0.3) is 0 Å². The molecule has 1 heterocycles. The Morgan fingerprint density at radius 2 is 1.58 bits per heavy atom. The van der Waals surface area contributed by atoms with Crippen molar-refractivity contribution in [2.24, 2.45) is 0 Å². The van der Waals surface area contributed by atoms with Crippen molar-refractivity contribution in [3.05, 3.63) is 48.0 Å². The van der Waals surface area contributed by atoms with E-state index in [0.29, 0.717) is 17.2 Å². The number of nitrogens with one attached hydrogen (secondary N) is 1. The number of urea groups is 1. The summed E-state index contributed by atoms with van der Waals surface area (Å²) in [7, 11) is 4.81. The van der Waals surface area contributed by atoms with Crippen molar-refractivity contribution in [2.45, 2.75) is 18.9 Å². The van der Waals surface area contributed by atoms with Gasteiger partial charge < -0.3 is 24.4 Å². The molecule has 2 aromatic rings. The van der Waals surface area contributed by atoms with Crippen molar-refractivity contribution in [3.8, 4) is 17.2 Å². The molecule has 0 spiro atoms. The number of nitrogens with zero attached hydrogens (tertiary/aromatic N) is 1. The lowest BCUT2D eigenvalue weighted by Gasteiger charge is -2.25. The number of rotatable bonds is 5. The molecule has 1 unspecified atom stereocenters. The lowest BCUT2D eigenvalue weighted by molar-refractivity contribution is 0.207. The van der Waals surface area contributed by atoms with Crippen molar-refractivity contribution >= 4 is 11.7 Å². The van der Waals surface area contributed by atoms with Gasteiger partial charge in [-0.15, -0.1) is 0 Å². The summed E-state index contributed by atoms with van der Waals surface area (Å²) < 4.78 is 15.7. The van der Waals surface area contributed by atoms with E-state index in [1.54, 1.807) is 39.5 Å². The molecule has 1 atom stereocenters. The molecule has 0 bridgehead atoms. The molecule has 1 N–H and O–H groups in total. The third kappa shape index (κ3) is 3.85. The number of carbonyl (C=O) groups is 1. The summed E-state index contributed by atoms with van der Waals surface area (Å²) in [6, 6.07) is 13.1. The van der Waals surface area contributed by atoms with Crippen LogP contribution >= 0.6 is 0 Å². The number of hydrogen-bond donors (Lipinski definition) is 1. The first kappa shape index (κ1) is 17.9. The lowest BCUT2D eigenvalue weighted by Crippen LogP contribution is -2.34. The summed E-state index contributed by atoms with van der Waals surface area (Å²) >= 11 is 0. The molecule has 138 valence electrons. The fourth-order valence-corrected chi connectivity index (χ4v) is 3.26. The van der Waals surface area contributed by atoms with Gasteiger partial charge in [0.25, 0.3) is 0 Å². The molecule has 6 heteroatoms. The van der Waals surface area contributed by atoms with Crippen molar-refractivity contribution in [2.75, 3.05) is 33.2 Å². The van der Waals surface area contributed by atoms with Crippen LogP contribution in [0.2, 0.25) is 0 Å².